The van der Waals surface area contributed by atoms with Crippen LogP contribution in [0, 0.1) is 0 Å². The molecule has 2 fully saturated rings. The molecule has 1 aromatic heterocycles. The van der Waals surface area contributed by atoms with Crippen LogP contribution in [0.15, 0.2) is 54.6 Å². The Morgan fingerprint density at radius 3 is 2.48 bits per heavy atom. The summed E-state index contributed by atoms with van der Waals surface area (Å²) >= 11 is 0. The number of likely N-dealkylation sites (tertiary alicyclic amines) is 1. The lowest BCUT2D eigenvalue weighted by atomic mass is 9.94. The number of hydrogen-bond donors (Lipinski definition) is 2. The van der Waals surface area contributed by atoms with Gasteiger partial charge in [-0.05, 0) is 37.0 Å². The molecule has 2 aliphatic rings. The predicted molar refractivity (Wildman–Crippen MR) is 122 cm³/mol. The molecule has 0 bridgehead atoms. The normalized spacial score (nSPS) is 21.0. The van der Waals surface area contributed by atoms with E-state index in [2.05, 4.69) is 15.5 Å². The van der Waals surface area contributed by atoms with Gasteiger partial charge < -0.3 is 15.0 Å². The third-order valence-electron chi connectivity index (χ3n) is 6.62. The van der Waals surface area contributed by atoms with Crippen LogP contribution in [-0.2, 0) is 15.0 Å². The van der Waals surface area contributed by atoms with Crippen molar-refractivity contribution in [3.63, 3.8) is 0 Å². The highest BCUT2D eigenvalue weighted by Gasteiger charge is 2.55. The molecular formula is C25H27N5O3. The van der Waals surface area contributed by atoms with E-state index in [1.165, 1.54) is 6.92 Å². The molecule has 1 saturated heterocycles. The summed E-state index contributed by atoms with van der Waals surface area (Å²) in [5.41, 5.74) is 1.38. The standard InChI is InChI=1S/C25H27N5O3/c1-16(31)26-19-14-21(23-27-22(28-29-23)17-6-4-3-5-7-17)30(15-19)24(32)25(12-13-25)18-8-10-20(33-2)11-9-18/h3-11,19,21H,12-15H2,1-2H3,(H,26,31)(H,27,28,29)/t19-,21-/m0/s1. The first-order valence-corrected chi connectivity index (χ1v) is 11.2. The monoisotopic (exact) mass is 445 g/mol. The van der Waals surface area contributed by atoms with Crippen molar-refractivity contribution in [2.24, 2.45) is 0 Å². The lowest BCUT2D eigenvalue weighted by Gasteiger charge is -2.28. The molecule has 33 heavy (non-hydrogen) atoms. The lowest BCUT2D eigenvalue weighted by Crippen LogP contribution is -2.42. The molecule has 8 heteroatoms. The highest BCUT2D eigenvalue weighted by molar-refractivity contribution is 5.92. The van der Waals surface area contributed by atoms with Gasteiger partial charge in [-0.15, -0.1) is 0 Å². The minimum absolute atomic E-state index is 0.0724. The maximum Gasteiger partial charge on any atom is 0.233 e. The number of methoxy groups -OCH3 is 1. The van der Waals surface area contributed by atoms with Gasteiger partial charge in [-0.25, -0.2) is 4.98 Å². The highest BCUT2D eigenvalue weighted by atomic mass is 16.5. The molecule has 0 spiro atoms. The van der Waals surface area contributed by atoms with Crippen molar-refractivity contribution < 1.29 is 14.3 Å². The zero-order chi connectivity index (χ0) is 23.0. The second kappa shape index (κ2) is 8.35. The van der Waals surface area contributed by atoms with Crippen LogP contribution < -0.4 is 10.1 Å². The number of nitrogens with zero attached hydrogens (tertiary/aromatic N) is 3. The number of H-pyrrole nitrogens is 1. The molecule has 1 aliphatic carbocycles. The number of nitrogens with one attached hydrogen (secondary N) is 2. The summed E-state index contributed by atoms with van der Waals surface area (Å²) in [6, 6.07) is 17.1. The minimum Gasteiger partial charge on any atom is -0.497 e. The van der Waals surface area contributed by atoms with Gasteiger partial charge >= 0.3 is 0 Å². The Hall–Kier alpha value is -3.68. The summed E-state index contributed by atoms with van der Waals surface area (Å²) in [6.07, 6.45) is 2.20. The van der Waals surface area contributed by atoms with Crippen LogP contribution in [0.3, 0.4) is 0 Å². The van der Waals surface area contributed by atoms with E-state index in [1.54, 1.807) is 7.11 Å². The number of aromatic amines is 1. The number of ether oxygens (including phenoxy) is 1. The Labute approximate surface area is 192 Å². The minimum atomic E-state index is -0.530. The van der Waals surface area contributed by atoms with Crippen molar-refractivity contribution in [2.45, 2.75) is 43.7 Å². The first kappa shape index (κ1) is 21.2. The van der Waals surface area contributed by atoms with Gasteiger partial charge in [0, 0.05) is 25.1 Å². The Morgan fingerprint density at radius 2 is 1.85 bits per heavy atom. The summed E-state index contributed by atoms with van der Waals surface area (Å²) in [5.74, 6) is 1.97. The van der Waals surface area contributed by atoms with Gasteiger partial charge in [0.15, 0.2) is 5.82 Å². The van der Waals surface area contributed by atoms with Crippen molar-refractivity contribution >= 4 is 11.8 Å². The smallest absolute Gasteiger partial charge is 0.233 e. The Morgan fingerprint density at radius 1 is 1.12 bits per heavy atom. The molecule has 170 valence electrons. The van der Waals surface area contributed by atoms with Crippen molar-refractivity contribution in [3.8, 4) is 17.1 Å². The predicted octanol–water partition coefficient (Wildman–Crippen LogP) is 2.99. The van der Waals surface area contributed by atoms with Crippen LogP contribution in [0.4, 0.5) is 0 Å². The van der Waals surface area contributed by atoms with Crippen molar-refractivity contribution in [1.82, 2.24) is 25.4 Å². The van der Waals surface area contributed by atoms with Crippen LogP contribution in [0.25, 0.3) is 11.4 Å². The second-order valence-corrected chi connectivity index (χ2v) is 8.83. The lowest BCUT2D eigenvalue weighted by molar-refractivity contribution is -0.135. The summed E-state index contributed by atoms with van der Waals surface area (Å²) in [6.45, 7) is 1.95. The molecule has 0 unspecified atom stereocenters. The van der Waals surface area contributed by atoms with Gasteiger partial charge in [0.05, 0.1) is 18.6 Å². The number of aromatic nitrogens is 3. The molecule has 8 nitrogen and oxygen atoms in total. The van der Waals surface area contributed by atoms with E-state index < -0.39 is 5.41 Å². The van der Waals surface area contributed by atoms with E-state index >= 15 is 0 Å². The number of hydrogen-bond acceptors (Lipinski definition) is 5. The second-order valence-electron chi connectivity index (χ2n) is 8.83. The first-order valence-electron chi connectivity index (χ1n) is 11.2. The van der Waals surface area contributed by atoms with Crippen molar-refractivity contribution in [3.05, 3.63) is 66.0 Å². The summed E-state index contributed by atoms with van der Waals surface area (Å²) in [7, 11) is 1.63. The molecule has 2 atom stereocenters. The van der Waals surface area contributed by atoms with E-state index in [0.29, 0.717) is 24.6 Å². The van der Waals surface area contributed by atoms with Gasteiger partial charge in [-0.2, -0.15) is 5.10 Å². The molecule has 1 saturated carbocycles. The third-order valence-corrected chi connectivity index (χ3v) is 6.62. The van der Waals surface area contributed by atoms with Gasteiger partial charge in [0.1, 0.15) is 11.6 Å². The number of carbonyl (C=O) groups excluding carboxylic acids is 2. The van der Waals surface area contributed by atoms with E-state index in [-0.39, 0.29) is 23.9 Å². The Balaban J connectivity index is 1.44. The Bertz CT molecular complexity index is 1150. The average molecular weight is 446 g/mol. The summed E-state index contributed by atoms with van der Waals surface area (Å²) < 4.78 is 5.27. The zero-order valence-electron chi connectivity index (χ0n) is 18.7. The van der Waals surface area contributed by atoms with Gasteiger partial charge in [0.2, 0.25) is 11.8 Å². The van der Waals surface area contributed by atoms with Crippen LogP contribution >= 0.6 is 0 Å². The molecule has 2 N–H and O–H groups in total. The highest BCUT2D eigenvalue weighted by Crippen LogP contribution is 2.51. The molecule has 1 aliphatic heterocycles. The molecule has 2 aromatic carbocycles. The fraction of sp³-hybridized carbons (Fsp3) is 0.360. The van der Waals surface area contributed by atoms with Crippen LogP contribution in [0.1, 0.15) is 43.6 Å². The maximum absolute atomic E-state index is 13.9. The molecule has 5 rings (SSSR count). The largest absolute Gasteiger partial charge is 0.497 e. The quantitative estimate of drug-likeness (QED) is 0.608. The number of amides is 2. The average Bonchev–Trinajstić information content (AvgIpc) is 3.31. The van der Waals surface area contributed by atoms with Crippen molar-refractivity contribution in [1.29, 1.82) is 0 Å². The SMILES string of the molecule is COc1ccc(C2(C(=O)N3C[C@@H](NC(C)=O)C[C@H]3c3nc(-c4ccccc4)n[nH]3)CC2)cc1. The topological polar surface area (TPSA) is 100 Å². The summed E-state index contributed by atoms with van der Waals surface area (Å²) in [5, 5.41) is 10.4. The van der Waals surface area contributed by atoms with E-state index in [0.717, 1.165) is 29.7 Å². The number of rotatable bonds is 6. The Kier molecular flexibility index (Phi) is 5.36. The zero-order valence-corrected chi connectivity index (χ0v) is 18.7. The van der Waals surface area contributed by atoms with Gasteiger partial charge in [0.25, 0.3) is 0 Å². The molecule has 2 heterocycles. The third kappa shape index (κ3) is 3.97. The fourth-order valence-electron chi connectivity index (χ4n) is 4.79. The van der Waals surface area contributed by atoms with Crippen LogP contribution in [0.5, 0.6) is 5.75 Å². The van der Waals surface area contributed by atoms with E-state index in [9.17, 15) is 9.59 Å². The van der Waals surface area contributed by atoms with E-state index in [1.807, 2.05) is 59.5 Å². The summed E-state index contributed by atoms with van der Waals surface area (Å²) in [4.78, 5) is 32.2. The van der Waals surface area contributed by atoms with Gasteiger partial charge in [-0.1, -0.05) is 42.5 Å². The molecule has 0 radical (unpaired) electrons. The fourth-order valence-corrected chi connectivity index (χ4v) is 4.79. The van der Waals surface area contributed by atoms with Crippen molar-refractivity contribution in [2.75, 3.05) is 13.7 Å². The number of benzene rings is 2. The molecular weight excluding hydrogens is 418 g/mol. The molecule has 3 aromatic rings. The van der Waals surface area contributed by atoms with Crippen LogP contribution in [0.2, 0.25) is 0 Å². The number of carbonyl (C=O) groups is 2. The molecule has 2 amide bonds. The maximum atomic E-state index is 13.9. The van der Waals surface area contributed by atoms with Crippen LogP contribution in [-0.4, -0.2) is 51.6 Å². The van der Waals surface area contributed by atoms with Gasteiger partial charge in [-0.3, -0.25) is 14.7 Å². The van der Waals surface area contributed by atoms with E-state index in [4.69, 9.17) is 9.72 Å². The first-order chi connectivity index (χ1) is 16.0.